The fourth-order valence-corrected chi connectivity index (χ4v) is 3.50. The van der Waals surface area contributed by atoms with E-state index < -0.39 is 6.10 Å². The molecule has 6 nitrogen and oxygen atoms in total. The highest BCUT2D eigenvalue weighted by molar-refractivity contribution is 14.0. The Kier molecular flexibility index (Phi) is 11.4. The van der Waals surface area contributed by atoms with E-state index >= 15 is 0 Å². The van der Waals surface area contributed by atoms with E-state index in [0.717, 1.165) is 32.8 Å². The highest BCUT2D eigenvalue weighted by atomic mass is 127. The topological polar surface area (TPSA) is 69.1 Å². The summed E-state index contributed by atoms with van der Waals surface area (Å²) >= 11 is 12.0. The minimum Gasteiger partial charge on any atom is -0.387 e. The average molecular weight is 545 g/mol. The number of benzene rings is 1. The Hall–Kier alpha value is -0.320. The van der Waals surface area contributed by atoms with Crippen molar-refractivity contribution >= 4 is 53.1 Å². The van der Waals surface area contributed by atoms with Crippen LogP contribution < -0.4 is 10.6 Å². The molecule has 1 aromatic carbocycles. The molecule has 1 aliphatic rings. The maximum absolute atomic E-state index is 10.4. The van der Waals surface area contributed by atoms with Crippen LogP contribution >= 0.6 is 47.2 Å². The van der Waals surface area contributed by atoms with Gasteiger partial charge in [0, 0.05) is 41.8 Å². The molecule has 1 aromatic rings. The minimum atomic E-state index is -0.739. The zero-order chi connectivity index (χ0) is 19.9. The summed E-state index contributed by atoms with van der Waals surface area (Å²) in [6.45, 7) is 11.4. The first kappa shape index (κ1) is 25.7. The zero-order valence-electron chi connectivity index (χ0n) is 16.7. The number of aliphatic hydroxyl groups excluding tert-OH is 1. The Morgan fingerprint density at radius 3 is 2.39 bits per heavy atom. The van der Waals surface area contributed by atoms with Crippen LogP contribution in [0.15, 0.2) is 23.2 Å². The number of hydrogen-bond acceptors (Lipinski definition) is 4. The normalized spacial score (nSPS) is 17.0. The molecule has 9 heteroatoms. The summed E-state index contributed by atoms with van der Waals surface area (Å²) in [6.07, 6.45) is -0.739. The first-order valence-electron chi connectivity index (χ1n) is 9.31. The van der Waals surface area contributed by atoms with Gasteiger partial charge in [-0.15, -0.1) is 24.0 Å². The van der Waals surface area contributed by atoms with Crippen molar-refractivity contribution in [3.8, 4) is 0 Å². The van der Waals surface area contributed by atoms with Crippen LogP contribution in [-0.4, -0.2) is 67.4 Å². The van der Waals surface area contributed by atoms with Crippen LogP contribution in [-0.2, 0) is 4.74 Å². The van der Waals surface area contributed by atoms with Gasteiger partial charge < -0.3 is 20.5 Å². The lowest BCUT2D eigenvalue weighted by molar-refractivity contribution is -0.00684. The third-order valence-electron chi connectivity index (χ3n) is 4.57. The number of nitrogens with zero attached hydrogens (tertiary/aromatic N) is 2. The Morgan fingerprint density at radius 2 is 1.82 bits per heavy atom. The smallest absolute Gasteiger partial charge is 0.191 e. The van der Waals surface area contributed by atoms with Crippen molar-refractivity contribution in [3.05, 3.63) is 33.8 Å². The van der Waals surface area contributed by atoms with Crippen molar-refractivity contribution in [2.24, 2.45) is 4.99 Å². The summed E-state index contributed by atoms with van der Waals surface area (Å²) < 4.78 is 5.43. The second kappa shape index (κ2) is 12.4. The molecule has 1 atom stereocenters. The molecule has 0 saturated carbocycles. The number of morpholine rings is 1. The number of ether oxygens (including phenoxy) is 1. The van der Waals surface area contributed by atoms with E-state index in [1.165, 1.54) is 0 Å². The lowest BCUT2D eigenvalue weighted by Crippen LogP contribution is -2.52. The molecule has 0 aromatic heterocycles. The molecule has 0 amide bonds. The summed E-state index contributed by atoms with van der Waals surface area (Å²) in [4.78, 5) is 7.11. The fourth-order valence-electron chi connectivity index (χ4n) is 2.96. The van der Waals surface area contributed by atoms with Crippen LogP contribution in [0.25, 0.3) is 0 Å². The predicted molar refractivity (Wildman–Crippen MR) is 127 cm³/mol. The average Bonchev–Trinajstić information content (AvgIpc) is 2.63. The standard InChI is InChI=1S/C19H30Cl2N4O2.HI/c1-4-22-18(24-13-19(2,3)25-5-7-27-8-6-25)23-12-17(26)14-9-15(20)11-16(21)10-14;/h9-11,17,26H,4-8,12-13H2,1-3H3,(H2,22,23,24);1H. The van der Waals surface area contributed by atoms with Crippen molar-refractivity contribution in [2.75, 3.05) is 45.9 Å². The highest BCUT2D eigenvalue weighted by Crippen LogP contribution is 2.23. The molecule has 1 saturated heterocycles. The molecule has 2 rings (SSSR count). The number of guanidine groups is 1. The number of halogens is 3. The van der Waals surface area contributed by atoms with Gasteiger partial charge in [0.05, 0.1) is 25.9 Å². The molecule has 1 unspecified atom stereocenters. The van der Waals surface area contributed by atoms with E-state index in [4.69, 9.17) is 32.9 Å². The number of aliphatic hydroxyl groups is 1. The third kappa shape index (κ3) is 8.20. The van der Waals surface area contributed by atoms with Crippen LogP contribution in [0.1, 0.15) is 32.4 Å². The van der Waals surface area contributed by atoms with Crippen molar-refractivity contribution in [1.29, 1.82) is 0 Å². The Morgan fingerprint density at radius 1 is 1.21 bits per heavy atom. The first-order valence-corrected chi connectivity index (χ1v) is 10.1. The maximum Gasteiger partial charge on any atom is 0.191 e. The lowest BCUT2D eigenvalue weighted by atomic mass is 10.0. The molecule has 3 N–H and O–H groups in total. The number of nitrogens with one attached hydrogen (secondary N) is 2. The van der Waals surface area contributed by atoms with Gasteiger partial charge in [-0.25, -0.2) is 0 Å². The van der Waals surface area contributed by atoms with Crippen molar-refractivity contribution < 1.29 is 9.84 Å². The first-order chi connectivity index (χ1) is 12.8. The number of aliphatic imine (C=N–C) groups is 1. The van der Waals surface area contributed by atoms with Gasteiger partial charge in [0.1, 0.15) is 0 Å². The van der Waals surface area contributed by atoms with E-state index in [1.54, 1.807) is 18.2 Å². The van der Waals surface area contributed by atoms with Crippen LogP contribution in [0.5, 0.6) is 0 Å². The molecular weight excluding hydrogens is 514 g/mol. The van der Waals surface area contributed by atoms with Crippen LogP contribution in [0.2, 0.25) is 10.0 Å². The summed E-state index contributed by atoms with van der Waals surface area (Å²) in [5.41, 5.74) is 0.607. The van der Waals surface area contributed by atoms with Gasteiger partial charge in [-0.05, 0) is 44.5 Å². The molecule has 0 aliphatic carbocycles. The number of hydrogen-bond donors (Lipinski definition) is 3. The van der Waals surface area contributed by atoms with E-state index in [-0.39, 0.29) is 29.5 Å². The molecule has 28 heavy (non-hydrogen) atoms. The van der Waals surface area contributed by atoms with Crippen molar-refractivity contribution in [2.45, 2.75) is 32.4 Å². The van der Waals surface area contributed by atoms with Gasteiger partial charge in [-0.2, -0.15) is 0 Å². The summed E-state index contributed by atoms with van der Waals surface area (Å²) in [7, 11) is 0. The van der Waals surface area contributed by atoms with Gasteiger partial charge in [0.25, 0.3) is 0 Å². The molecule has 0 bridgehead atoms. The zero-order valence-corrected chi connectivity index (χ0v) is 20.5. The van der Waals surface area contributed by atoms with Gasteiger partial charge in [-0.3, -0.25) is 9.89 Å². The van der Waals surface area contributed by atoms with Crippen molar-refractivity contribution in [1.82, 2.24) is 15.5 Å². The van der Waals surface area contributed by atoms with Crippen LogP contribution in [0, 0.1) is 0 Å². The quantitative estimate of drug-likeness (QED) is 0.279. The molecule has 1 heterocycles. The third-order valence-corrected chi connectivity index (χ3v) is 5.00. The summed E-state index contributed by atoms with van der Waals surface area (Å²) in [6, 6.07) is 5.07. The lowest BCUT2D eigenvalue weighted by Gasteiger charge is -2.39. The van der Waals surface area contributed by atoms with Crippen molar-refractivity contribution in [3.63, 3.8) is 0 Å². The second-order valence-corrected chi connectivity index (χ2v) is 8.08. The molecular formula is C19H31Cl2IN4O2. The fraction of sp³-hybridized carbons (Fsp3) is 0.632. The monoisotopic (exact) mass is 544 g/mol. The largest absolute Gasteiger partial charge is 0.387 e. The Labute approximate surface area is 195 Å². The highest BCUT2D eigenvalue weighted by Gasteiger charge is 2.28. The molecule has 1 fully saturated rings. The van der Waals surface area contributed by atoms with E-state index in [2.05, 4.69) is 29.4 Å². The molecule has 1 aliphatic heterocycles. The molecule has 0 spiro atoms. The second-order valence-electron chi connectivity index (χ2n) is 7.21. The van der Waals surface area contributed by atoms with Gasteiger partial charge in [0.15, 0.2) is 5.96 Å². The Balaban J connectivity index is 0.00000392. The van der Waals surface area contributed by atoms with Gasteiger partial charge >= 0.3 is 0 Å². The minimum absolute atomic E-state index is 0. The predicted octanol–water partition coefficient (Wildman–Crippen LogP) is 3.31. The van der Waals surface area contributed by atoms with E-state index in [1.807, 2.05) is 6.92 Å². The van der Waals surface area contributed by atoms with E-state index in [9.17, 15) is 5.11 Å². The summed E-state index contributed by atoms with van der Waals surface area (Å²) in [5.74, 6) is 0.672. The summed E-state index contributed by atoms with van der Waals surface area (Å²) in [5, 5.41) is 17.9. The Bertz CT molecular complexity index is 620. The van der Waals surface area contributed by atoms with Gasteiger partial charge in [-0.1, -0.05) is 23.2 Å². The van der Waals surface area contributed by atoms with Gasteiger partial charge in [0.2, 0.25) is 0 Å². The SMILES string of the molecule is CCNC(=NCC(C)(C)N1CCOCC1)NCC(O)c1cc(Cl)cc(Cl)c1.I. The number of rotatable bonds is 7. The molecule has 160 valence electrons. The van der Waals surface area contributed by atoms with Crippen LogP contribution in [0.4, 0.5) is 0 Å². The van der Waals surface area contributed by atoms with E-state index in [0.29, 0.717) is 34.7 Å². The van der Waals surface area contributed by atoms with Crippen LogP contribution in [0.3, 0.4) is 0 Å². The molecule has 0 radical (unpaired) electrons. The maximum atomic E-state index is 10.4.